The first-order valence-corrected chi connectivity index (χ1v) is 10.3. The molecule has 2 aliphatic rings. The highest BCUT2D eigenvalue weighted by Gasteiger charge is 2.35. The number of anilines is 1. The van der Waals surface area contributed by atoms with E-state index in [-0.39, 0.29) is 24.2 Å². The number of nitrogens with one attached hydrogen (secondary N) is 1. The fourth-order valence-corrected chi connectivity index (χ4v) is 3.90. The number of amides is 2. The zero-order chi connectivity index (χ0) is 19.9. The Morgan fingerprint density at radius 2 is 1.96 bits per heavy atom. The zero-order valence-corrected chi connectivity index (χ0v) is 17.0. The normalized spacial score (nSPS) is 21.1. The van der Waals surface area contributed by atoms with Crippen molar-refractivity contribution in [1.82, 2.24) is 15.1 Å². The second-order valence-electron chi connectivity index (χ2n) is 7.53. The van der Waals surface area contributed by atoms with Crippen LogP contribution in [0.1, 0.15) is 19.8 Å². The molecule has 154 valence electrons. The van der Waals surface area contributed by atoms with Gasteiger partial charge in [-0.3, -0.25) is 9.59 Å². The minimum absolute atomic E-state index is 0.0119. The number of likely N-dealkylation sites (N-methyl/N-ethyl adjacent to an activating group) is 1. The first-order chi connectivity index (χ1) is 13.6. The molecule has 28 heavy (non-hydrogen) atoms. The molecule has 2 saturated heterocycles. The molecule has 2 aliphatic heterocycles. The lowest BCUT2D eigenvalue weighted by Crippen LogP contribution is -2.46. The lowest BCUT2D eigenvalue weighted by atomic mass is 10.1. The number of hydrogen-bond acceptors (Lipinski definition) is 5. The van der Waals surface area contributed by atoms with Gasteiger partial charge in [0, 0.05) is 57.4 Å². The van der Waals surface area contributed by atoms with Gasteiger partial charge in [0.15, 0.2) is 0 Å². The number of carbonyl (C=O) groups excluding carboxylic acids is 2. The van der Waals surface area contributed by atoms with Crippen molar-refractivity contribution in [2.75, 3.05) is 64.4 Å². The van der Waals surface area contributed by atoms with Gasteiger partial charge in [0.25, 0.3) is 0 Å². The zero-order valence-electron chi connectivity index (χ0n) is 17.0. The van der Waals surface area contributed by atoms with Crippen LogP contribution in [0.3, 0.4) is 0 Å². The van der Waals surface area contributed by atoms with E-state index in [1.807, 2.05) is 24.3 Å². The van der Waals surface area contributed by atoms with Gasteiger partial charge in [-0.2, -0.15) is 0 Å². The highest BCUT2D eigenvalue weighted by Crippen LogP contribution is 2.27. The van der Waals surface area contributed by atoms with Gasteiger partial charge in [0.2, 0.25) is 11.8 Å². The van der Waals surface area contributed by atoms with Crippen molar-refractivity contribution in [2.24, 2.45) is 5.92 Å². The Kier molecular flexibility index (Phi) is 7.28. The van der Waals surface area contributed by atoms with Crippen LogP contribution < -0.4 is 15.0 Å². The molecular weight excluding hydrogens is 356 g/mol. The molecule has 7 nitrogen and oxygen atoms in total. The van der Waals surface area contributed by atoms with Gasteiger partial charge in [0.05, 0.1) is 13.0 Å². The smallest absolute Gasteiger partial charge is 0.227 e. The highest BCUT2D eigenvalue weighted by molar-refractivity contribution is 6.00. The topological polar surface area (TPSA) is 65.1 Å². The molecule has 1 aromatic carbocycles. The average Bonchev–Trinajstić information content (AvgIpc) is 3.13. The fourth-order valence-electron chi connectivity index (χ4n) is 3.90. The number of nitrogens with zero attached hydrogens (tertiary/aromatic N) is 3. The standard InChI is InChI=1S/C21H32N4O3/c1-3-23-10-12-24(13-11-23)9-5-8-22-21(27)17-14-20(26)25(16-17)18-6-4-7-19(15-18)28-2/h4,6-7,15,17H,3,5,8-14,16H2,1-2H3,(H,22,27). The first-order valence-electron chi connectivity index (χ1n) is 10.3. The molecule has 0 aliphatic carbocycles. The maximum Gasteiger partial charge on any atom is 0.227 e. The third kappa shape index (κ3) is 5.23. The van der Waals surface area contributed by atoms with Gasteiger partial charge >= 0.3 is 0 Å². The van der Waals surface area contributed by atoms with E-state index in [2.05, 4.69) is 22.0 Å². The minimum Gasteiger partial charge on any atom is -0.497 e. The maximum atomic E-state index is 12.5. The van der Waals surface area contributed by atoms with Gasteiger partial charge in [-0.25, -0.2) is 0 Å². The molecule has 3 rings (SSSR count). The van der Waals surface area contributed by atoms with Crippen LogP contribution in [0.4, 0.5) is 5.69 Å². The van der Waals surface area contributed by atoms with Gasteiger partial charge in [-0.1, -0.05) is 13.0 Å². The lowest BCUT2D eigenvalue weighted by Gasteiger charge is -2.34. The number of piperazine rings is 1. The summed E-state index contributed by atoms with van der Waals surface area (Å²) in [6, 6.07) is 7.40. The SMILES string of the molecule is CCN1CCN(CCCNC(=O)C2CC(=O)N(c3cccc(OC)c3)C2)CC1. The molecule has 0 saturated carbocycles. The molecule has 1 atom stereocenters. The molecule has 0 bridgehead atoms. The van der Waals surface area contributed by atoms with Gasteiger partial charge in [0.1, 0.15) is 5.75 Å². The highest BCUT2D eigenvalue weighted by atomic mass is 16.5. The van der Waals surface area contributed by atoms with E-state index in [4.69, 9.17) is 4.74 Å². The Hall–Kier alpha value is -2.12. The first kappa shape index (κ1) is 20.6. The second-order valence-corrected chi connectivity index (χ2v) is 7.53. The van der Waals surface area contributed by atoms with Crippen molar-refractivity contribution in [3.8, 4) is 5.75 Å². The molecule has 0 aromatic heterocycles. The summed E-state index contributed by atoms with van der Waals surface area (Å²) >= 11 is 0. The molecule has 2 fully saturated rings. The number of hydrogen-bond donors (Lipinski definition) is 1. The van der Waals surface area contributed by atoms with E-state index in [1.165, 1.54) is 0 Å². The Morgan fingerprint density at radius 1 is 1.21 bits per heavy atom. The van der Waals surface area contributed by atoms with Crippen LogP contribution in [0, 0.1) is 5.92 Å². The Labute approximate surface area is 167 Å². The van der Waals surface area contributed by atoms with E-state index in [9.17, 15) is 9.59 Å². The van der Waals surface area contributed by atoms with Crippen molar-refractivity contribution < 1.29 is 14.3 Å². The Bertz CT molecular complexity index is 673. The average molecular weight is 389 g/mol. The molecule has 0 spiro atoms. The van der Waals surface area contributed by atoms with E-state index in [0.29, 0.717) is 18.8 Å². The Balaban J connectivity index is 1.40. The molecule has 1 unspecified atom stereocenters. The molecule has 2 heterocycles. The van der Waals surface area contributed by atoms with Crippen LogP contribution in [-0.4, -0.2) is 81.1 Å². The van der Waals surface area contributed by atoms with E-state index < -0.39 is 0 Å². The lowest BCUT2D eigenvalue weighted by molar-refractivity contribution is -0.126. The third-order valence-electron chi connectivity index (χ3n) is 5.72. The molecule has 1 aromatic rings. The minimum atomic E-state index is -0.285. The largest absolute Gasteiger partial charge is 0.497 e. The number of rotatable bonds is 8. The van der Waals surface area contributed by atoms with Crippen LogP contribution in [0.25, 0.3) is 0 Å². The summed E-state index contributed by atoms with van der Waals surface area (Å²) in [5.41, 5.74) is 0.783. The number of carbonyl (C=O) groups is 2. The van der Waals surface area contributed by atoms with Crippen molar-refractivity contribution in [2.45, 2.75) is 19.8 Å². The van der Waals surface area contributed by atoms with E-state index in [1.54, 1.807) is 12.0 Å². The third-order valence-corrected chi connectivity index (χ3v) is 5.72. The summed E-state index contributed by atoms with van der Waals surface area (Å²) in [6.07, 6.45) is 1.21. The van der Waals surface area contributed by atoms with Crippen molar-refractivity contribution >= 4 is 17.5 Å². The van der Waals surface area contributed by atoms with Crippen LogP contribution in [0.5, 0.6) is 5.75 Å². The molecular formula is C21H32N4O3. The number of benzene rings is 1. The molecule has 1 N–H and O–H groups in total. The molecule has 7 heteroatoms. The monoisotopic (exact) mass is 388 g/mol. The van der Waals surface area contributed by atoms with E-state index in [0.717, 1.165) is 51.4 Å². The van der Waals surface area contributed by atoms with Crippen LogP contribution in [0.2, 0.25) is 0 Å². The summed E-state index contributed by atoms with van der Waals surface area (Å²) in [5, 5.41) is 3.02. The predicted molar refractivity (Wildman–Crippen MR) is 110 cm³/mol. The summed E-state index contributed by atoms with van der Waals surface area (Å²) in [7, 11) is 1.60. The second kappa shape index (κ2) is 9.89. The van der Waals surface area contributed by atoms with Gasteiger partial charge in [-0.05, 0) is 31.6 Å². The summed E-state index contributed by atoms with van der Waals surface area (Å²) in [6.45, 7) is 9.90. The van der Waals surface area contributed by atoms with E-state index >= 15 is 0 Å². The number of ether oxygens (including phenoxy) is 1. The molecule has 0 radical (unpaired) electrons. The number of methoxy groups -OCH3 is 1. The van der Waals surface area contributed by atoms with Crippen LogP contribution in [-0.2, 0) is 9.59 Å². The summed E-state index contributed by atoms with van der Waals surface area (Å²) in [4.78, 5) is 31.5. The van der Waals surface area contributed by atoms with Crippen LogP contribution >= 0.6 is 0 Å². The fraction of sp³-hybridized carbons (Fsp3) is 0.619. The van der Waals surface area contributed by atoms with Crippen molar-refractivity contribution in [3.05, 3.63) is 24.3 Å². The molecule has 2 amide bonds. The summed E-state index contributed by atoms with van der Waals surface area (Å²) < 4.78 is 5.23. The Morgan fingerprint density at radius 3 is 2.68 bits per heavy atom. The maximum absolute atomic E-state index is 12.5. The summed E-state index contributed by atoms with van der Waals surface area (Å²) in [5.74, 6) is 0.390. The van der Waals surface area contributed by atoms with Crippen LogP contribution in [0.15, 0.2) is 24.3 Å². The quantitative estimate of drug-likeness (QED) is 0.678. The van der Waals surface area contributed by atoms with Gasteiger partial charge in [-0.15, -0.1) is 0 Å². The van der Waals surface area contributed by atoms with Crippen molar-refractivity contribution in [3.63, 3.8) is 0 Å². The predicted octanol–water partition coefficient (Wildman–Crippen LogP) is 1.19. The van der Waals surface area contributed by atoms with Crippen molar-refractivity contribution in [1.29, 1.82) is 0 Å². The van der Waals surface area contributed by atoms with Gasteiger partial charge < -0.3 is 24.8 Å².